The second-order valence-corrected chi connectivity index (χ2v) is 7.88. The summed E-state index contributed by atoms with van der Waals surface area (Å²) < 4.78 is 5.74. The molecule has 24 heavy (non-hydrogen) atoms. The first-order chi connectivity index (χ1) is 11.4. The molecule has 2 heterocycles. The van der Waals surface area contributed by atoms with Gasteiger partial charge < -0.3 is 9.84 Å². The Morgan fingerprint density at radius 1 is 1.42 bits per heavy atom. The molecule has 0 amide bonds. The van der Waals surface area contributed by atoms with Crippen LogP contribution < -0.4 is 0 Å². The third-order valence-electron chi connectivity index (χ3n) is 5.62. The van der Waals surface area contributed by atoms with E-state index in [-0.39, 0.29) is 29.7 Å². The zero-order chi connectivity index (χ0) is 17.5. The monoisotopic (exact) mass is 351 g/mol. The van der Waals surface area contributed by atoms with E-state index in [0.717, 1.165) is 24.8 Å². The lowest BCUT2D eigenvalue weighted by Gasteiger charge is -2.50. The lowest BCUT2D eigenvalue weighted by molar-refractivity contribution is -0.174. The number of piperidine rings is 1. The standard InChI is InChI=1S/C19H26ClNO3/c1-4-15(12(2)22)21-16(13-5-7-14(20)8-6-13)9-10-19(3)11-17(23)24-18(19)21/h5-8,12,15-16,18,22H,4,9-11H2,1-3H3/t12-,15?,16?,18?,19+/m0/s1. The summed E-state index contributed by atoms with van der Waals surface area (Å²) in [5.41, 5.74) is 0.978. The fourth-order valence-corrected chi connectivity index (χ4v) is 4.49. The van der Waals surface area contributed by atoms with Crippen molar-refractivity contribution in [2.24, 2.45) is 5.41 Å². The van der Waals surface area contributed by atoms with Gasteiger partial charge in [-0.25, -0.2) is 0 Å². The summed E-state index contributed by atoms with van der Waals surface area (Å²) in [6, 6.07) is 7.93. The summed E-state index contributed by atoms with van der Waals surface area (Å²) in [4.78, 5) is 14.2. The van der Waals surface area contributed by atoms with Crippen molar-refractivity contribution >= 4 is 17.6 Å². The molecule has 2 fully saturated rings. The summed E-state index contributed by atoms with van der Waals surface area (Å²) >= 11 is 6.03. The average molecular weight is 352 g/mol. The van der Waals surface area contributed by atoms with Crippen molar-refractivity contribution in [1.29, 1.82) is 0 Å². The van der Waals surface area contributed by atoms with Crippen molar-refractivity contribution in [3.63, 3.8) is 0 Å². The highest BCUT2D eigenvalue weighted by molar-refractivity contribution is 6.30. The molecule has 0 radical (unpaired) electrons. The second kappa shape index (κ2) is 6.66. The molecule has 1 N–H and O–H groups in total. The molecule has 2 aliphatic rings. The molecule has 3 unspecified atom stereocenters. The first kappa shape index (κ1) is 17.7. The van der Waals surface area contributed by atoms with Gasteiger partial charge in [0.05, 0.1) is 12.5 Å². The van der Waals surface area contributed by atoms with E-state index in [1.807, 2.05) is 31.2 Å². The molecule has 5 heteroatoms. The summed E-state index contributed by atoms with van der Waals surface area (Å²) in [6.45, 7) is 6.01. The molecule has 1 aromatic carbocycles. The Hall–Kier alpha value is -1.10. The molecule has 3 rings (SSSR count). The number of hydrogen-bond donors (Lipinski definition) is 1. The number of carbonyl (C=O) groups excluding carboxylic acids is 1. The van der Waals surface area contributed by atoms with Gasteiger partial charge in [-0.2, -0.15) is 0 Å². The van der Waals surface area contributed by atoms with E-state index >= 15 is 0 Å². The molecule has 1 aromatic rings. The lowest BCUT2D eigenvalue weighted by atomic mass is 9.74. The first-order valence-electron chi connectivity index (χ1n) is 8.76. The Morgan fingerprint density at radius 2 is 2.08 bits per heavy atom. The number of ether oxygens (including phenoxy) is 1. The third kappa shape index (κ3) is 3.07. The maximum Gasteiger partial charge on any atom is 0.308 e. The van der Waals surface area contributed by atoms with E-state index in [1.165, 1.54) is 0 Å². The Morgan fingerprint density at radius 3 is 2.67 bits per heavy atom. The minimum Gasteiger partial charge on any atom is -0.446 e. The predicted octanol–water partition coefficient (Wildman–Crippen LogP) is 3.92. The van der Waals surface area contributed by atoms with Crippen LogP contribution >= 0.6 is 11.6 Å². The average Bonchev–Trinajstić information content (AvgIpc) is 2.83. The maximum absolute atomic E-state index is 12.0. The van der Waals surface area contributed by atoms with E-state index < -0.39 is 6.10 Å². The van der Waals surface area contributed by atoms with Crippen molar-refractivity contribution < 1.29 is 14.6 Å². The van der Waals surface area contributed by atoms with Crippen molar-refractivity contribution in [3.05, 3.63) is 34.9 Å². The summed E-state index contributed by atoms with van der Waals surface area (Å²) in [7, 11) is 0. The Bertz CT molecular complexity index is 603. The quantitative estimate of drug-likeness (QED) is 0.835. The highest BCUT2D eigenvalue weighted by Gasteiger charge is 2.55. The van der Waals surface area contributed by atoms with Crippen LogP contribution in [0.3, 0.4) is 0 Å². The Balaban J connectivity index is 2.01. The van der Waals surface area contributed by atoms with Crippen molar-refractivity contribution in [3.8, 4) is 0 Å². The SMILES string of the molecule is CCC([C@H](C)O)N1C(c2ccc(Cl)cc2)CC[C@]2(C)CC(=O)OC12. The molecule has 2 aliphatic heterocycles. The summed E-state index contributed by atoms with van der Waals surface area (Å²) in [5, 5.41) is 11.0. The third-order valence-corrected chi connectivity index (χ3v) is 5.87. The first-order valence-corrected chi connectivity index (χ1v) is 9.14. The summed E-state index contributed by atoms with van der Waals surface area (Å²) in [5.74, 6) is -0.135. The second-order valence-electron chi connectivity index (χ2n) is 7.44. The summed E-state index contributed by atoms with van der Waals surface area (Å²) in [6.07, 6.45) is 2.35. The molecule has 0 spiro atoms. The number of carbonyl (C=O) groups is 1. The number of hydrogen-bond acceptors (Lipinski definition) is 4. The molecule has 0 saturated carbocycles. The van der Waals surface area contributed by atoms with Gasteiger partial charge in [0.2, 0.25) is 0 Å². The van der Waals surface area contributed by atoms with Crippen LogP contribution in [0.25, 0.3) is 0 Å². The normalized spacial score (nSPS) is 33.0. The number of esters is 1. The number of aliphatic hydroxyl groups excluding tert-OH is 1. The fourth-order valence-electron chi connectivity index (χ4n) is 4.37. The van der Waals surface area contributed by atoms with Gasteiger partial charge in [0.1, 0.15) is 0 Å². The van der Waals surface area contributed by atoms with Crippen molar-refractivity contribution in [2.45, 2.75) is 70.9 Å². The van der Waals surface area contributed by atoms with Gasteiger partial charge in [-0.15, -0.1) is 0 Å². The van der Waals surface area contributed by atoms with Gasteiger partial charge in [-0.05, 0) is 43.9 Å². The van der Waals surface area contributed by atoms with Gasteiger partial charge in [-0.3, -0.25) is 9.69 Å². The predicted molar refractivity (Wildman–Crippen MR) is 93.6 cm³/mol. The van der Waals surface area contributed by atoms with Crippen LogP contribution in [0.5, 0.6) is 0 Å². The van der Waals surface area contributed by atoms with Crippen LogP contribution in [0.15, 0.2) is 24.3 Å². The molecule has 132 valence electrons. The van der Waals surface area contributed by atoms with Crippen LogP contribution in [0.2, 0.25) is 5.02 Å². The van der Waals surface area contributed by atoms with Crippen LogP contribution in [0, 0.1) is 5.41 Å². The molecule has 0 aromatic heterocycles. The van der Waals surface area contributed by atoms with E-state index in [0.29, 0.717) is 11.4 Å². The minimum atomic E-state index is -0.494. The largest absolute Gasteiger partial charge is 0.446 e. The van der Waals surface area contributed by atoms with Crippen LogP contribution in [0.1, 0.15) is 58.1 Å². The van der Waals surface area contributed by atoms with Crippen molar-refractivity contribution in [1.82, 2.24) is 4.90 Å². The maximum atomic E-state index is 12.0. The molecular formula is C19H26ClNO3. The lowest BCUT2D eigenvalue weighted by Crippen LogP contribution is -2.57. The fraction of sp³-hybridized carbons (Fsp3) is 0.632. The minimum absolute atomic E-state index is 0.0544. The van der Waals surface area contributed by atoms with Crippen LogP contribution in [0.4, 0.5) is 0 Å². The number of nitrogens with zero attached hydrogens (tertiary/aromatic N) is 1. The van der Waals surface area contributed by atoms with Gasteiger partial charge in [0, 0.05) is 22.5 Å². The molecule has 2 saturated heterocycles. The zero-order valence-electron chi connectivity index (χ0n) is 14.5. The zero-order valence-corrected chi connectivity index (χ0v) is 15.3. The topological polar surface area (TPSA) is 49.8 Å². The number of halogens is 1. The van der Waals surface area contributed by atoms with Gasteiger partial charge >= 0.3 is 5.97 Å². The van der Waals surface area contributed by atoms with Gasteiger partial charge in [-0.1, -0.05) is 37.6 Å². The van der Waals surface area contributed by atoms with E-state index in [1.54, 1.807) is 0 Å². The number of likely N-dealkylation sites (tertiary alicyclic amines) is 1. The number of fused-ring (bicyclic) bond motifs is 1. The van der Waals surface area contributed by atoms with Crippen molar-refractivity contribution in [2.75, 3.05) is 0 Å². The van der Waals surface area contributed by atoms with E-state index in [2.05, 4.69) is 18.7 Å². The number of rotatable bonds is 4. The van der Waals surface area contributed by atoms with Crippen LogP contribution in [-0.2, 0) is 9.53 Å². The molecule has 5 atom stereocenters. The molecular weight excluding hydrogens is 326 g/mol. The van der Waals surface area contributed by atoms with E-state index in [4.69, 9.17) is 16.3 Å². The van der Waals surface area contributed by atoms with Gasteiger partial charge in [0.25, 0.3) is 0 Å². The Labute approximate surface area is 148 Å². The number of aliphatic hydroxyl groups is 1. The molecule has 0 aliphatic carbocycles. The number of benzene rings is 1. The smallest absolute Gasteiger partial charge is 0.308 e. The molecule has 0 bridgehead atoms. The highest BCUT2D eigenvalue weighted by Crippen LogP contribution is 2.51. The highest BCUT2D eigenvalue weighted by atomic mass is 35.5. The van der Waals surface area contributed by atoms with Gasteiger partial charge in [0.15, 0.2) is 6.23 Å². The van der Waals surface area contributed by atoms with E-state index in [9.17, 15) is 9.90 Å². The van der Waals surface area contributed by atoms with Crippen LogP contribution in [-0.4, -0.2) is 34.3 Å². The molecule has 4 nitrogen and oxygen atoms in total. The Kier molecular flexibility index (Phi) is 4.92.